The molecule has 0 atom stereocenters. The van der Waals surface area contributed by atoms with Crippen molar-refractivity contribution < 1.29 is 9.47 Å². The predicted molar refractivity (Wildman–Crippen MR) is 136 cm³/mol. The first-order valence-electron chi connectivity index (χ1n) is 11.3. The SMILES string of the molecule is Cc1cccc(Oc2ccc3nc(OCCc4ccccc4)nc(N4CCSCC4)c3c2)c1. The average molecular weight is 458 g/mol. The Morgan fingerprint density at radius 3 is 2.52 bits per heavy atom. The molecule has 1 fully saturated rings. The second-order valence-corrected chi connectivity index (χ2v) is 9.34. The fourth-order valence-corrected chi connectivity index (χ4v) is 4.84. The molecule has 1 saturated heterocycles. The molecule has 4 aromatic rings. The number of aryl methyl sites for hydroxylation is 1. The number of aromatic nitrogens is 2. The van der Waals surface area contributed by atoms with Gasteiger partial charge in [0.1, 0.15) is 17.3 Å². The van der Waals surface area contributed by atoms with E-state index in [-0.39, 0.29) is 0 Å². The van der Waals surface area contributed by atoms with Crippen molar-refractivity contribution >= 4 is 28.5 Å². The van der Waals surface area contributed by atoms with E-state index in [4.69, 9.17) is 19.4 Å². The number of nitrogens with zero attached hydrogens (tertiary/aromatic N) is 3. The summed E-state index contributed by atoms with van der Waals surface area (Å²) in [5.74, 6) is 4.71. The third kappa shape index (κ3) is 5.40. The zero-order chi connectivity index (χ0) is 22.5. The maximum absolute atomic E-state index is 6.14. The number of thioether (sulfide) groups is 1. The molecule has 0 aliphatic carbocycles. The van der Waals surface area contributed by atoms with Crippen LogP contribution in [0.15, 0.2) is 72.8 Å². The van der Waals surface area contributed by atoms with Crippen LogP contribution in [-0.4, -0.2) is 41.2 Å². The van der Waals surface area contributed by atoms with Crippen molar-refractivity contribution in [3.8, 4) is 17.5 Å². The van der Waals surface area contributed by atoms with Crippen LogP contribution in [0, 0.1) is 6.92 Å². The first-order valence-corrected chi connectivity index (χ1v) is 12.5. The van der Waals surface area contributed by atoms with E-state index in [9.17, 15) is 0 Å². The Hall–Kier alpha value is -3.25. The molecule has 5 nitrogen and oxygen atoms in total. The van der Waals surface area contributed by atoms with E-state index in [0.717, 1.165) is 59.2 Å². The van der Waals surface area contributed by atoms with Crippen LogP contribution in [0.3, 0.4) is 0 Å². The van der Waals surface area contributed by atoms with Gasteiger partial charge in [-0.15, -0.1) is 0 Å². The van der Waals surface area contributed by atoms with E-state index in [0.29, 0.717) is 12.6 Å². The fraction of sp³-hybridized carbons (Fsp3) is 0.259. The summed E-state index contributed by atoms with van der Waals surface area (Å²) in [6.07, 6.45) is 0.821. The zero-order valence-corrected chi connectivity index (χ0v) is 19.6. The highest BCUT2D eigenvalue weighted by Crippen LogP contribution is 2.32. The molecule has 33 heavy (non-hydrogen) atoms. The summed E-state index contributed by atoms with van der Waals surface area (Å²) in [5.41, 5.74) is 3.27. The molecule has 0 bridgehead atoms. The molecule has 3 aromatic carbocycles. The number of hydrogen-bond acceptors (Lipinski definition) is 6. The van der Waals surface area contributed by atoms with E-state index in [1.54, 1.807) is 0 Å². The molecule has 0 unspecified atom stereocenters. The molecule has 0 spiro atoms. The van der Waals surface area contributed by atoms with Crippen molar-refractivity contribution in [3.63, 3.8) is 0 Å². The summed E-state index contributed by atoms with van der Waals surface area (Å²) in [4.78, 5) is 11.9. The summed E-state index contributed by atoms with van der Waals surface area (Å²) >= 11 is 1.98. The van der Waals surface area contributed by atoms with Crippen LogP contribution in [0.25, 0.3) is 10.9 Å². The van der Waals surface area contributed by atoms with E-state index < -0.39 is 0 Å². The normalized spacial score (nSPS) is 13.8. The van der Waals surface area contributed by atoms with Crippen molar-refractivity contribution in [2.24, 2.45) is 0 Å². The molecule has 168 valence electrons. The van der Waals surface area contributed by atoms with Crippen LogP contribution < -0.4 is 14.4 Å². The number of hydrogen-bond donors (Lipinski definition) is 0. The Balaban J connectivity index is 1.43. The molecular weight excluding hydrogens is 430 g/mol. The van der Waals surface area contributed by atoms with Crippen molar-refractivity contribution in [2.45, 2.75) is 13.3 Å². The lowest BCUT2D eigenvalue weighted by atomic mass is 10.2. The highest BCUT2D eigenvalue weighted by Gasteiger charge is 2.18. The molecule has 1 aliphatic rings. The van der Waals surface area contributed by atoms with E-state index in [2.05, 4.69) is 30.0 Å². The lowest BCUT2D eigenvalue weighted by molar-refractivity contribution is 0.297. The first kappa shape index (κ1) is 21.6. The van der Waals surface area contributed by atoms with Crippen molar-refractivity contribution in [1.29, 1.82) is 0 Å². The highest BCUT2D eigenvalue weighted by atomic mass is 32.2. The number of fused-ring (bicyclic) bond motifs is 1. The molecule has 0 amide bonds. The molecule has 5 rings (SSSR count). The van der Waals surface area contributed by atoms with Gasteiger partial charge in [0.15, 0.2) is 0 Å². The Kier molecular flexibility index (Phi) is 6.63. The fourth-order valence-electron chi connectivity index (χ4n) is 3.93. The summed E-state index contributed by atoms with van der Waals surface area (Å²) in [5, 5.41) is 0.988. The van der Waals surface area contributed by atoms with E-state index in [1.165, 1.54) is 11.1 Å². The minimum Gasteiger partial charge on any atom is -0.463 e. The third-order valence-corrected chi connectivity index (χ3v) is 6.57. The zero-order valence-electron chi connectivity index (χ0n) is 18.7. The number of rotatable bonds is 7. The lowest BCUT2D eigenvalue weighted by Crippen LogP contribution is -2.33. The van der Waals surface area contributed by atoms with Crippen LogP contribution >= 0.6 is 11.8 Å². The molecule has 6 heteroatoms. The number of benzene rings is 3. The van der Waals surface area contributed by atoms with Gasteiger partial charge in [-0.1, -0.05) is 42.5 Å². The van der Waals surface area contributed by atoms with Gasteiger partial charge in [0.05, 0.1) is 12.1 Å². The predicted octanol–water partition coefficient (Wildman–Crippen LogP) is 5.91. The van der Waals surface area contributed by atoms with Gasteiger partial charge >= 0.3 is 6.01 Å². The molecule has 0 N–H and O–H groups in total. The molecular formula is C27H27N3O2S. The quantitative estimate of drug-likeness (QED) is 0.344. The maximum atomic E-state index is 6.14. The first-order chi connectivity index (χ1) is 16.2. The van der Waals surface area contributed by atoms with Crippen LogP contribution in [0.1, 0.15) is 11.1 Å². The average Bonchev–Trinajstić information content (AvgIpc) is 2.85. The standard InChI is InChI=1S/C27H27N3O2S/c1-20-6-5-9-22(18-20)32-23-10-11-25-24(19-23)26(30-13-16-33-17-14-30)29-27(28-25)31-15-12-21-7-3-2-4-8-21/h2-11,18-19H,12-17H2,1H3. The number of anilines is 1. The van der Waals surface area contributed by atoms with Gasteiger partial charge in [-0.25, -0.2) is 0 Å². The van der Waals surface area contributed by atoms with E-state index >= 15 is 0 Å². The van der Waals surface area contributed by atoms with E-state index in [1.807, 2.05) is 66.4 Å². The molecule has 0 saturated carbocycles. The van der Waals surface area contributed by atoms with Gasteiger partial charge in [-0.05, 0) is 48.4 Å². The summed E-state index contributed by atoms with van der Waals surface area (Å²) in [7, 11) is 0. The molecule has 1 aromatic heterocycles. The second-order valence-electron chi connectivity index (χ2n) is 8.11. The van der Waals surface area contributed by atoms with Gasteiger partial charge in [-0.3, -0.25) is 0 Å². The van der Waals surface area contributed by atoms with Crippen LogP contribution in [0.5, 0.6) is 17.5 Å². The minimum absolute atomic E-state index is 0.430. The Bertz CT molecular complexity index is 1230. The smallest absolute Gasteiger partial charge is 0.318 e. The van der Waals surface area contributed by atoms with Crippen LogP contribution in [-0.2, 0) is 6.42 Å². The van der Waals surface area contributed by atoms with Gasteiger partial charge in [0.25, 0.3) is 0 Å². The third-order valence-electron chi connectivity index (χ3n) is 5.63. The largest absolute Gasteiger partial charge is 0.463 e. The lowest BCUT2D eigenvalue weighted by Gasteiger charge is -2.28. The van der Waals surface area contributed by atoms with Gasteiger partial charge in [0.2, 0.25) is 0 Å². The maximum Gasteiger partial charge on any atom is 0.318 e. The number of ether oxygens (including phenoxy) is 2. The molecule has 2 heterocycles. The monoisotopic (exact) mass is 457 g/mol. The van der Waals surface area contributed by atoms with Crippen molar-refractivity contribution in [3.05, 3.63) is 83.9 Å². The second kappa shape index (κ2) is 10.1. The highest BCUT2D eigenvalue weighted by molar-refractivity contribution is 7.99. The topological polar surface area (TPSA) is 47.5 Å². The van der Waals surface area contributed by atoms with Crippen molar-refractivity contribution in [1.82, 2.24) is 9.97 Å². The van der Waals surface area contributed by atoms with Crippen LogP contribution in [0.4, 0.5) is 5.82 Å². The summed E-state index contributed by atoms with van der Waals surface area (Å²) < 4.78 is 12.1. The van der Waals surface area contributed by atoms with Crippen LogP contribution in [0.2, 0.25) is 0 Å². The molecule has 1 aliphatic heterocycles. The Morgan fingerprint density at radius 1 is 0.879 bits per heavy atom. The Labute approximate surface area is 198 Å². The Morgan fingerprint density at radius 2 is 1.70 bits per heavy atom. The van der Waals surface area contributed by atoms with Gasteiger partial charge < -0.3 is 14.4 Å². The molecule has 0 radical (unpaired) electrons. The van der Waals surface area contributed by atoms with Gasteiger partial charge in [-0.2, -0.15) is 21.7 Å². The summed E-state index contributed by atoms with van der Waals surface area (Å²) in [6.45, 7) is 4.53. The van der Waals surface area contributed by atoms with Crippen molar-refractivity contribution in [2.75, 3.05) is 36.1 Å². The minimum atomic E-state index is 0.430. The summed E-state index contributed by atoms with van der Waals surface area (Å²) in [6, 6.07) is 24.8. The van der Waals surface area contributed by atoms with Gasteiger partial charge in [0, 0.05) is 36.4 Å².